The zero-order valence-electron chi connectivity index (χ0n) is 14.3. The maximum atomic E-state index is 13.4. The van der Waals surface area contributed by atoms with Crippen LogP contribution in [-0.2, 0) is 16.6 Å². The second-order valence-corrected chi connectivity index (χ2v) is 7.19. The van der Waals surface area contributed by atoms with Gasteiger partial charge in [-0.25, -0.2) is 22.2 Å². The molecule has 2 aromatic heterocycles. The van der Waals surface area contributed by atoms with E-state index >= 15 is 0 Å². The van der Waals surface area contributed by atoms with Gasteiger partial charge in [0.25, 0.3) is 5.56 Å². The number of nitrogens with zero attached hydrogens (tertiary/aromatic N) is 2. The molecule has 1 aromatic carbocycles. The molecule has 142 valence electrons. The molecule has 1 N–H and O–H groups in total. The molecule has 0 spiro atoms. The van der Waals surface area contributed by atoms with Crippen molar-refractivity contribution in [3.8, 4) is 17.2 Å². The molecule has 8 nitrogen and oxygen atoms in total. The van der Waals surface area contributed by atoms with Crippen LogP contribution in [0.4, 0.5) is 4.39 Å². The maximum absolute atomic E-state index is 13.4. The van der Waals surface area contributed by atoms with E-state index in [9.17, 15) is 17.6 Å². The molecule has 0 saturated heterocycles. The van der Waals surface area contributed by atoms with E-state index in [1.807, 2.05) is 0 Å². The van der Waals surface area contributed by atoms with Crippen molar-refractivity contribution >= 4 is 10.0 Å². The Balaban J connectivity index is 1.76. The fourth-order valence-electron chi connectivity index (χ4n) is 2.39. The van der Waals surface area contributed by atoms with Gasteiger partial charge in [-0.2, -0.15) is 5.10 Å². The Morgan fingerprint density at radius 2 is 2.07 bits per heavy atom. The number of nitrogens with one attached hydrogen (secondary N) is 1. The van der Waals surface area contributed by atoms with Crippen molar-refractivity contribution in [2.24, 2.45) is 0 Å². The summed E-state index contributed by atoms with van der Waals surface area (Å²) in [5.41, 5.74) is 0.0436. The molecule has 0 aliphatic carbocycles. The minimum Gasteiger partial charge on any atom is -0.495 e. The number of rotatable bonds is 7. The van der Waals surface area contributed by atoms with Gasteiger partial charge in [-0.15, -0.1) is 0 Å². The topological polar surface area (TPSA) is 103 Å². The standard InChI is InChI=1S/C17H16FN3O5S/c1-25-15-6-4-12(18)11-16(15)27(23,24)19-8-9-21-17(22)7-5-13(20-21)14-3-2-10-26-14/h2-7,10-11,19H,8-9H2,1H3. The number of sulfonamides is 1. The second kappa shape index (κ2) is 7.72. The molecule has 0 fully saturated rings. The van der Waals surface area contributed by atoms with Crippen molar-refractivity contribution in [3.05, 3.63) is 64.9 Å². The zero-order chi connectivity index (χ0) is 19.4. The number of benzene rings is 1. The monoisotopic (exact) mass is 393 g/mol. The van der Waals surface area contributed by atoms with Gasteiger partial charge in [0.15, 0.2) is 5.76 Å². The Labute approximate surface area is 154 Å². The third-order valence-electron chi connectivity index (χ3n) is 3.67. The molecule has 0 radical (unpaired) electrons. The van der Waals surface area contributed by atoms with Crippen LogP contribution in [0.5, 0.6) is 5.75 Å². The van der Waals surface area contributed by atoms with Crippen LogP contribution in [0, 0.1) is 5.82 Å². The number of ether oxygens (including phenoxy) is 1. The second-order valence-electron chi connectivity index (χ2n) is 5.45. The molecule has 2 heterocycles. The van der Waals surface area contributed by atoms with Gasteiger partial charge in [0.05, 0.1) is 19.9 Å². The third-order valence-corrected chi connectivity index (χ3v) is 5.15. The summed E-state index contributed by atoms with van der Waals surface area (Å²) < 4.78 is 51.9. The Bertz CT molecular complexity index is 1090. The van der Waals surface area contributed by atoms with Gasteiger partial charge >= 0.3 is 0 Å². The normalized spacial score (nSPS) is 11.5. The molecule has 0 amide bonds. The summed E-state index contributed by atoms with van der Waals surface area (Å²) in [6.07, 6.45) is 1.48. The van der Waals surface area contributed by atoms with E-state index in [1.165, 1.54) is 31.6 Å². The minimum atomic E-state index is -4.04. The van der Waals surface area contributed by atoms with E-state index in [1.54, 1.807) is 12.1 Å². The molecular weight excluding hydrogens is 377 g/mol. The molecule has 0 saturated carbocycles. The molecule has 0 aliphatic heterocycles. The molecule has 27 heavy (non-hydrogen) atoms. The van der Waals surface area contributed by atoms with Crippen molar-refractivity contribution in [1.29, 1.82) is 0 Å². The van der Waals surface area contributed by atoms with E-state index in [-0.39, 0.29) is 23.7 Å². The van der Waals surface area contributed by atoms with Gasteiger partial charge in [0, 0.05) is 12.6 Å². The Kier molecular flexibility index (Phi) is 5.38. The molecule has 0 bridgehead atoms. The van der Waals surface area contributed by atoms with Gasteiger partial charge < -0.3 is 9.15 Å². The maximum Gasteiger partial charge on any atom is 0.266 e. The van der Waals surface area contributed by atoms with Crippen molar-refractivity contribution in [1.82, 2.24) is 14.5 Å². The van der Waals surface area contributed by atoms with Gasteiger partial charge in [-0.05, 0) is 36.4 Å². The summed E-state index contributed by atoms with van der Waals surface area (Å²) in [6, 6.07) is 9.39. The molecular formula is C17H16FN3O5S. The largest absolute Gasteiger partial charge is 0.495 e. The highest BCUT2D eigenvalue weighted by Gasteiger charge is 2.20. The van der Waals surface area contributed by atoms with Crippen LogP contribution in [0.3, 0.4) is 0 Å². The van der Waals surface area contributed by atoms with Crippen LogP contribution in [-0.4, -0.2) is 31.9 Å². The predicted octanol–water partition coefficient (Wildman–Crippen LogP) is 1.63. The summed E-state index contributed by atoms with van der Waals surface area (Å²) in [6.45, 7) is -0.152. The van der Waals surface area contributed by atoms with Gasteiger partial charge in [-0.1, -0.05) is 0 Å². The summed E-state index contributed by atoms with van der Waals surface area (Å²) >= 11 is 0. The van der Waals surface area contributed by atoms with E-state index in [4.69, 9.17) is 9.15 Å². The smallest absolute Gasteiger partial charge is 0.266 e. The van der Waals surface area contributed by atoms with Crippen LogP contribution in [0.15, 0.2) is 62.8 Å². The van der Waals surface area contributed by atoms with Gasteiger partial charge in [-0.3, -0.25) is 4.79 Å². The van der Waals surface area contributed by atoms with Crippen LogP contribution < -0.4 is 15.0 Å². The highest BCUT2D eigenvalue weighted by atomic mass is 32.2. The van der Waals surface area contributed by atoms with Crippen LogP contribution in [0.1, 0.15) is 0 Å². The first-order valence-corrected chi connectivity index (χ1v) is 9.34. The first-order valence-electron chi connectivity index (χ1n) is 7.86. The molecule has 0 aliphatic rings. The van der Waals surface area contributed by atoms with Gasteiger partial charge in [0.2, 0.25) is 10.0 Å². The van der Waals surface area contributed by atoms with Crippen molar-refractivity contribution in [2.75, 3.05) is 13.7 Å². The van der Waals surface area contributed by atoms with E-state index < -0.39 is 21.4 Å². The number of hydrogen-bond acceptors (Lipinski definition) is 6. The van der Waals surface area contributed by atoms with Crippen molar-refractivity contribution in [3.63, 3.8) is 0 Å². The van der Waals surface area contributed by atoms with E-state index in [2.05, 4.69) is 9.82 Å². The SMILES string of the molecule is COc1ccc(F)cc1S(=O)(=O)NCCn1nc(-c2ccco2)ccc1=O. The highest BCUT2D eigenvalue weighted by molar-refractivity contribution is 7.89. The lowest BCUT2D eigenvalue weighted by Crippen LogP contribution is -2.32. The number of aromatic nitrogens is 2. The molecule has 0 atom stereocenters. The number of methoxy groups -OCH3 is 1. The van der Waals surface area contributed by atoms with Crippen LogP contribution >= 0.6 is 0 Å². The lowest BCUT2D eigenvalue weighted by atomic mass is 10.3. The average molecular weight is 393 g/mol. The number of furan rings is 1. The lowest BCUT2D eigenvalue weighted by molar-refractivity contribution is 0.400. The summed E-state index contributed by atoms with van der Waals surface area (Å²) in [4.78, 5) is 11.6. The van der Waals surface area contributed by atoms with Crippen molar-refractivity contribution in [2.45, 2.75) is 11.4 Å². The summed E-state index contributed by atoms with van der Waals surface area (Å²) in [5, 5.41) is 4.15. The summed E-state index contributed by atoms with van der Waals surface area (Å²) in [7, 11) is -2.75. The highest BCUT2D eigenvalue weighted by Crippen LogP contribution is 2.24. The quantitative estimate of drug-likeness (QED) is 0.654. The first-order chi connectivity index (χ1) is 12.9. The van der Waals surface area contributed by atoms with Gasteiger partial charge in [0.1, 0.15) is 22.2 Å². The average Bonchev–Trinajstić information content (AvgIpc) is 3.18. The van der Waals surface area contributed by atoms with Crippen LogP contribution in [0.25, 0.3) is 11.5 Å². The Morgan fingerprint density at radius 3 is 2.78 bits per heavy atom. The summed E-state index contributed by atoms with van der Waals surface area (Å²) in [5.74, 6) is -0.215. The number of hydrogen-bond donors (Lipinski definition) is 1. The predicted molar refractivity (Wildman–Crippen MR) is 94.3 cm³/mol. The molecule has 3 aromatic rings. The Hall–Kier alpha value is -2.98. The van der Waals surface area contributed by atoms with E-state index in [0.29, 0.717) is 11.5 Å². The fraction of sp³-hybridized carbons (Fsp3) is 0.176. The third kappa shape index (κ3) is 4.23. The van der Waals surface area contributed by atoms with Crippen molar-refractivity contribution < 1.29 is 22.0 Å². The fourth-order valence-corrected chi connectivity index (χ4v) is 3.59. The lowest BCUT2D eigenvalue weighted by Gasteiger charge is -2.11. The molecule has 0 unspecified atom stereocenters. The van der Waals surface area contributed by atoms with Crippen LogP contribution in [0.2, 0.25) is 0 Å². The zero-order valence-corrected chi connectivity index (χ0v) is 15.1. The molecule has 10 heteroatoms. The molecule has 3 rings (SSSR count). The van der Waals surface area contributed by atoms with E-state index in [0.717, 1.165) is 16.8 Å². The first kappa shape index (κ1) is 18.8. The number of halogens is 1. The Morgan fingerprint density at radius 1 is 1.26 bits per heavy atom. The minimum absolute atomic E-state index is 0.0130.